The summed E-state index contributed by atoms with van der Waals surface area (Å²) in [4.78, 5) is 44.2. The van der Waals surface area contributed by atoms with E-state index in [2.05, 4.69) is 20.5 Å². The van der Waals surface area contributed by atoms with Gasteiger partial charge in [0, 0.05) is 38.4 Å². The third-order valence-corrected chi connectivity index (χ3v) is 4.97. The Morgan fingerprint density at radius 2 is 1.93 bits per heavy atom. The first-order valence-electron chi connectivity index (χ1n) is 9.71. The number of hydrogen-bond donors (Lipinski definition) is 2. The largest absolute Gasteiger partial charge is 0.462 e. The highest BCUT2D eigenvalue weighted by Gasteiger charge is 2.29. The molecule has 28 heavy (non-hydrogen) atoms. The van der Waals surface area contributed by atoms with E-state index in [1.54, 1.807) is 19.1 Å². The molecule has 2 fully saturated rings. The van der Waals surface area contributed by atoms with Crippen LogP contribution in [0.15, 0.2) is 18.3 Å². The average Bonchev–Trinajstić information content (AvgIpc) is 3.51. The predicted molar refractivity (Wildman–Crippen MR) is 103 cm³/mol. The molecular weight excluding hydrogens is 362 g/mol. The number of carbonyl (C=O) groups excluding carboxylic acids is 3. The quantitative estimate of drug-likeness (QED) is 0.692. The Hall–Kier alpha value is -2.68. The summed E-state index contributed by atoms with van der Waals surface area (Å²) in [6.07, 6.45) is 3.48. The van der Waals surface area contributed by atoms with E-state index >= 15 is 0 Å². The number of aromatic nitrogens is 1. The molecule has 9 heteroatoms. The van der Waals surface area contributed by atoms with Gasteiger partial charge in [-0.25, -0.2) is 14.6 Å². The van der Waals surface area contributed by atoms with Gasteiger partial charge >= 0.3 is 12.0 Å². The number of rotatable bonds is 6. The van der Waals surface area contributed by atoms with Gasteiger partial charge in [0.25, 0.3) is 0 Å². The Labute approximate surface area is 164 Å². The Morgan fingerprint density at radius 3 is 2.50 bits per heavy atom. The Kier molecular flexibility index (Phi) is 6.45. The molecule has 1 unspecified atom stereocenters. The van der Waals surface area contributed by atoms with E-state index in [0.717, 1.165) is 18.7 Å². The SMILES string of the molecule is CCOC(=O)c1ccc(N2CCN(C(C)C(=O)NC(=O)NC3CC3)CC2)nc1. The van der Waals surface area contributed by atoms with Crippen LogP contribution in [0, 0.1) is 0 Å². The summed E-state index contributed by atoms with van der Waals surface area (Å²) in [5.74, 6) is 0.119. The molecule has 0 spiro atoms. The normalized spacial score (nSPS) is 18.3. The summed E-state index contributed by atoms with van der Waals surface area (Å²) in [7, 11) is 0. The third-order valence-electron chi connectivity index (χ3n) is 4.97. The molecule has 1 atom stereocenters. The molecule has 2 heterocycles. The molecule has 1 aliphatic carbocycles. The molecule has 3 amide bonds. The van der Waals surface area contributed by atoms with Crippen LogP contribution in [-0.2, 0) is 9.53 Å². The van der Waals surface area contributed by atoms with Crippen LogP contribution in [0.25, 0.3) is 0 Å². The molecule has 1 saturated heterocycles. The second kappa shape index (κ2) is 9.01. The number of ether oxygens (including phenoxy) is 1. The van der Waals surface area contributed by atoms with Crippen LogP contribution in [0.5, 0.6) is 0 Å². The molecule has 1 aromatic rings. The molecule has 1 saturated carbocycles. The lowest BCUT2D eigenvalue weighted by Crippen LogP contribution is -2.55. The Bertz CT molecular complexity index is 712. The number of esters is 1. The van der Waals surface area contributed by atoms with Crippen LogP contribution in [-0.4, -0.2) is 72.7 Å². The van der Waals surface area contributed by atoms with Crippen molar-refractivity contribution < 1.29 is 19.1 Å². The average molecular weight is 389 g/mol. The second-order valence-electron chi connectivity index (χ2n) is 7.06. The lowest BCUT2D eigenvalue weighted by molar-refractivity contribution is -0.124. The first-order chi connectivity index (χ1) is 13.5. The maximum absolute atomic E-state index is 12.3. The number of urea groups is 1. The number of amides is 3. The van der Waals surface area contributed by atoms with Gasteiger partial charge in [-0.1, -0.05) is 0 Å². The lowest BCUT2D eigenvalue weighted by Gasteiger charge is -2.37. The summed E-state index contributed by atoms with van der Waals surface area (Å²) >= 11 is 0. The third kappa shape index (κ3) is 5.19. The number of piperazine rings is 1. The molecule has 2 aliphatic rings. The van der Waals surface area contributed by atoms with Gasteiger partial charge in [0.1, 0.15) is 5.82 Å². The zero-order chi connectivity index (χ0) is 20.1. The Balaban J connectivity index is 1.47. The van der Waals surface area contributed by atoms with Crippen molar-refractivity contribution in [3.05, 3.63) is 23.9 Å². The Morgan fingerprint density at radius 1 is 1.21 bits per heavy atom. The topological polar surface area (TPSA) is 104 Å². The van der Waals surface area contributed by atoms with Gasteiger partial charge in [-0.15, -0.1) is 0 Å². The van der Waals surface area contributed by atoms with Crippen LogP contribution in [0.4, 0.5) is 10.6 Å². The van der Waals surface area contributed by atoms with Gasteiger partial charge in [-0.3, -0.25) is 15.0 Å². The van der Waals surface area contributed by atoms with E-state index in [1.165, 1.54) is 6.20 Å². The molecular formula is C19H27N5O4. The van der Waals surface area contributed by atoms with Crippen molar-refractivity contribution in [1.82, 2.24) is 20.5 Å². The number of carbonyl (C=O) groups is 3. The monoisotopic (exact) mass is 389 g/mol. The van der Waals surface area contributed by atoms with Gasteiger partial charge in [0.05, 0.1) is 18.2 Å². The fourth-order valence-corrected chi connectivity index (χ4v) is 3.08. The maximum atomic E-state index is 12.3. The van der Waals surface area contributed by atoms with Crippen molar-refractivity contribution in [2.75, 3.05) is 37.7 Å². The van der Waals surface area contributed by atoms with Crippen molar-refractivity contribution in [3.63, 3.8) is 0 Å². The standard InChI is InChI=1S/C19H27N5O4/c1-3-28-18(26)14-4-7-16(20-12-14)24-10-8-23(9-11-24)13(2)17(25)22-19(27)21-15-5-6-15/h4,7,12-13,15H,3,5-6,8-11H2,1-2H3,(H2,21,22,25,27). The van der Waals surface area contributed by atoms with Gasteiger partial charge in [-0.2, -0.15) is 0 Å². The van der Waals surface area contributed by atoms with E-state index in [4.69, 9.17) is 4.74 Å². The summed E-state index contributed by atoms with van der Waals surface area (Å²) < 4.78 is 4.96. The van der Waals surface area contributed by atoms with Gasteiger partial charge in [0.15, 0.2) is 0 Å². The summed E-state index contributed by atoms with van der Waals surface area (Å²) in [5.41, 5.74) is 0.430. The van der Waals surface area contributed by atoms with Crippen LogP contribution < -0.4 is 15.5 Å². The molecule has 1 aliphatic heterocycles. The highest BCUT2D eigenvalue weighted by Crippen LogP contribution is 2.18. The van der Waals surface area contributed by atoms with E-state index < -0.39 is 6.03 Å². The minimum absolute atomic E-state index is 0.217. The number of pyridine rings is 1. The number of nitrogens with one attached hydrogen (secondary N) is 2. The molecule has 2 N–H and O–H groups in total. The number of imide groups is 1. The highest BCUT2D eigenvalue weighted by molar-refractivity contribution is 5.97. The fourth-order valence-electron chi connectivity index (χ4n) is 3.08. The van der Waals surface area contributed by atoms with Crippen LogP contribution in [0.3, 0.4) is 0 Å². The van der Waals surface area contributed by atoms with E-state index in [-0.39, 0.29) is 24.0 Å². The molecule has 3 rings (SSSR count). The number of nitrogens with zero attached hydrogens (tertiary/aromatic N) is 3. The van der Waals surface area contributed by atoms with Crippen molar-refractivity contribution in [3.8, 4) is 0 Å². The fraction of sp³-hybridized carbons (Fsp3) is 0.579. The van der Waals surface area contributed by atoms with Crippen molar-refractivity contribution in [2.45, 2.75) is 38.8 Å². The molecule has 0 aromatic carbocycles. The van der Waals surface area contributed by atoms with E-state index in [9.17, 15) is 14.4 Å². The molecule has 0 radical (unpaired) electrons. The minimum Gasteiger partial charge on any atom is -0.462 e. The zero-order valence-electron chi connectivity index (χ0n) is 16.3. The maximum Gasteiger partial charge on any atom is 0.339 e. The molecule has 1 aromatic heterocycles. The zero-order valence-corrected chi connectivity index (χ0v) is 16.3. The van der Waals surface area contributed by atoms with Crippen molar-refractivity contribution >= 4 is 23.7 Å². The molecule has 9 nitrogen and oxygen atoms in total. The molecule has 0 bridgehead atoms. The summed E-state index contributed by atoms with van der Waals surface area (Å²) in [5, 5.41) is 5.17. The van der Waals surface area contributed by atoms with Gasteiger partial charge < -0.3 is 15.0 Å². The summed E-state index contributed by atoms with van der Waals surface area (Å²) in [6.45, 7) is 6.67. The number of anilines is 1. The van der Waals surface area contributed by atoms with E-state index in [0.29, 0.717) is 38.3 Å². The second-order valence-corrected chi connectivity index (χ2v) is 7.06. The van der Waals surface area contributed by atoms with E-state index in [1.807, 2.05) is 11.8 Å². The first-order valence-corrected chi connectivity index (χ1v) is 9.71. The van der Waals surface area contributed by atoms with Crippen LogP contribution in [0.2, 0.25) is 0 Å². The number of hydrogen-bond acceptors (Lipinski definition) is 7. The van der Waals surface area contributed by atoms with Crippen molar-refractivity contribution in [2.24, 2.45) is 0 Å². The molecule has 152 valence electrons. The summed E-state index contributed by atoms with van der Waals surface area (Å²) in [6, 6.07) is 2.94. The van der Waals surface area contributed by atoms with Crippen LogP contribution >= 0.6 is 0 Å². The van der Waals surface area contributed by atoms with Gasteiger partial charge in [-0.05, 0) is 38.8 Å². The van der Waals surface area contributed by atoms with Crippen molar-refractivity contribution in [1.29, 1.82) is 0 Å². The predicted octanol–water partition coefficient (Wildman–Crippen LogP) is 0.757. The van der Waals surface area contributed by atoms with Crippen LogP contribution in [0.1, 0.15) is 37.0 Å². The lowest BCUT2D eigenvalue weighted by atomic mass is 10.2. The minimum atomic E-state index is -0.413. The first kappa shape index (κ1) is 20.1. The smallest absolute Gasteiger partial charge is 0.339 e. The highest BCUT2D eigenvalue weighted by atomic mass is 16.5. The van der Waals surface area contributed by atoms with Gasteiger partial charge in [0.2, 0.25) is 5.91 Å².